The quantitative estimate of drug-likeness (QED) is 0.638. The van der Waals surface area contributed by atoms with Gasteiger partial charge in [0.15, 0.2) is 11.8 Å². The summed E-state index contributed by atoms with van der Waals surface area (Å²) in [5, 5.41) is 10.6. The fraction of sp³-hybridized carbons (Fsp3) is 0.438. The first-order valence-electron chi connectivity index (χ1n) is 7.51. The Morgan fingerprint density at radius 2 is 2.12 bits per heavy atom. The molecule has 2 N–H and O–H groups in total. The minimum atomic E-state index is -0.347. The molecule has 1 aromatic heterocycles. The van der Waals surface area contributed by atoms with Crippen LogP contribution in [-0.4, -0.2) is 29.7 Å². The molecule has 0 spiro atoms. The normalized spacial score (nSPS) is 12.3. The van der Waals surface area contributed by atoms with Gasteiger partial charge in [-0.2, -0.15) is 4.98 Å². The minimum Gasteiger partial charge on any atom is -0.356 e. The standard InChI is InChI=1S/C16H21ClFN5O/c1-10-22-14(23-24-10)8-20-15(19-4)21-9-16(2,3)12-6-5-11(18)7-13(12)17/h5-7H,8-9H2,1-4H3,(H2,19,20,21). The number of aryl methyl sites for hydroxylation is 1. The lowest BCUT2D eigenvalue weighted by atomic mass is 9.84. The van der Waals surface area contributed by atoms with Crippen molar-refractivity contribution in [1.29, 1.82) is 0 Å². The molecule has 24 heavy (non-hydrogen) atoms. The summed E-state index contributed by atoms with van der Waals surface area (Å²) in [4.78, 5) is 8.28. The predicted octanol–water partition coefficient (Wildman–Crippen LogP) is 2.81. The van der Waals surface area contributed by atoms with E-state index in [1.165, 1.54) is 12.1 Å². The molecule has 6 nitrogen and oxygen atoms in total. The molecule has 1 heterocycles. The molecule has 2 aromatic rings. The maximum atomic E-state index is 13.2. The highest BCUT2D eigenvalue weighted by Gasteiger charge is 2.24. The molecule has 8 heteroatoms. The molecule has 0 radical (unpaired) electrons. The lowest BCUT2D eigenvalue weighted by molar-refractivity contribution is 0.386. The molecule has 0 atom stereocenters. The zero-order chi connectivity index (χ0) is 17.7. The van der Waals surface area contributed by atoms with Gasteiger partial charge in [-0.25, -0.2) is 4.39 Å². The van der Waals surface area contributed by atoms with Gasteiger partial charge in [-0.05, 0) is 17.7 Å². The van der Waals surface area contributed by atoms with Crippen LogP contribution in [0.25, 0.3) is 0 Å². The first-order chi connectivity index (χ1) is 11.3. The van der Waals surface area contributed by atoms with Crippen molar-refractivity contribution < 1.29 is 8.91 Å². The summed E-state index contributed by atoms with van der Waals surface area (Å²) in [6.45, 7) is 6.74. The van der Waals surface area contributed by atoms with Crippen LogP contribution in [0, 0.1) is 12.7 Å². The van der Waals surface area contributed by atoms with E-state index < -0.39 is 0 Å². The number of halogens is 2. The van der Waals surface area contributed by atoms with E-state index in [0.29, 0.717) is 35.8 Å². The van der Waals surface area contributed by atoms with Crippen molar-refractivity contribution in [2.45, 2.75) is 32.7 Å². The van der Waals surface area contributed by atoms with Crippen molar-refractivity contribution >= 4 is 17.6 Å². The van der Waals surface area contributed by atoms with Crippen LogP contribution in [0.5, 0.6) is 0 Å². The molecule has 0 saturated carbocycles. The van der Waals surface area contributed by atoms with Crippen LogP contribution in [0.15, 0.2) is 27.7 Å². The van der Waals surface area contributed by atoms with Crippen LogP contribution in [0.3, 0.4) is 0 Å². The highest BCUT2D eigenvalue weighted by Crippen LogP contribution is 2.29. The van der Waals surface area contributed by atoms with Gasteiger partial charge in [0.1, 0.15) is 5.82 Å². The molecule has 0 aliphatic rings. The van der Waals surface area contributed by atoms with E-state index in [4.69, 9.17) is 16.1 Å². The summed E-state index contributed by atoms with van der Waals surface area (Å²) in [6, 6.07) is 4.44. The molecular weight excluding hydrogens is 333 g/mol. The number of rotatable bonds is 5. The van der Waals surface area contributed by atoms with Gasteiger partial charge in [-0.3, -0.25) is 4.99 Å². The molecule has 0 fully saturated rings. The third-order valence-corrected chi connectivity index (χ3v) is 3.88. The largest absolute Gasteiger partial charge is 0.356 e. The fourth-order valence-corrected chi connectivity index (χ4v) is 2.66. The molecule has 0 unspecified atom stereocenters. The van der Waals surface area contributed by atoms with E-state index in [1.807, 2.05) is 13.8 Å². The summed E-state index contributed by atoms with van der Waals surface area (Å²) in [7, 11) is 1.68. The Hall–Kier alpha value is -2.15. The van der Waals surface area contributed by atoms with Gasteiger partial charge >= 0.3 is 0 Å². The van der Waals surface area contributed by atoms with Crippen LogP contribution >= 0.6 is 11.6 Å². The summed E-state index contributed by atoms with van der Waals surface area (Å²) in [6.07, 6.45) is 0. The van der Waals surface area contributed by atoms with E-state index >= 15 is 0 Å². The van der Waals surface area contributed by atoms with E-state index in [9.17, 15) is 4.39 Å². The lowest BCUT2D eigenvalue weighted by Gasteiger charge is -2.27. The zero-order valence-electron chi connectivity index (χ0n) is 14.2. The summed E-state index contributed by atoms with van der Waals surface area (Å²) in [5.74, 6) is 1.32. The SMILES string of the molecule is CN=C(NCc1noc(C)n1)NCC(C)(C)c1ccc(F)cc1Cl. The number of nitrogens with one attached hydrogen (secondary N) is 2. The number of guanidine groups is 1. The number of aliphatic imine (C=N–C) groups is 1. The Balaban J connectivity index is 1.96. The van der Waals surface area contributed by atoms with Crippen molar-refractivity contribution in [3.63, 3.8) is 0 Å². The van der Waals surface area contributed by atoms with Gasteiger partial charge in [-0.15, -0.1) is 0 Å². The molecule has 2 rings (SSSR count). The van der Waals surface area contributed by atoms with Gasteiger partial charge < -0.3 is 15.2 Å². The van der Waals surface area contributed by atoms with Crippen molar-refractivity contribution in [3.8, 4) is 0 Å². The number of nitrogens with zero attached hydrogens (tertiary/aromatic N) is 3. The fourth-order valence-electron chi connectivity index (χ4n) is 2.23. The summed E-state index contributed by atoms with van der Waals surface area (Å²) < 4.78 is 18.1. The number of aromatic nitrogens is 2. The van der Waals surface area contributed by atoms with Crippen molar-refractivity contribution in [2.75, 3.05) is 13.6 Å². The second-order valence-electron chi connectivity index (χ2n) is 6.02. The maximum absolute atomic E-state index is 13.2. The highest BCUT2D eigenvalue weighted by molar-refractivity contribution is 6.31. The monoisotopic (exact) mass is 353 g/mol. The highest BCUT2D eigenvalue weighted by atomic mass is 35.5. The summed E-state index contributed by atoms with van der Waals surface area (Å²) in [5.41, 5.74) is 0.549. The van der Waals surface area contributed by atoms with Gasteiger partial charge in [-0.1, -0.05) is 36.7 Å². The Bertz CT molecular complexity index is 729. The van der Waals surface area contributed by atoms with E-state index in [-0.39, 0.29) is 11.2 Å². The van der Waals surface area contributed by atoms with E-state index in [0.717, 1.165) is 5.56 Å². The van der Waals surface area contributed by atoms with Gasteiger partial charge in [0.05, 0.1) is 6.54 Å². The van der Waals surface area contributed by atoms with Crippen LogP contribution in [0.1, 0.15) is 31.1 Å². The Labute approximate surface area is 145 Å². The molecule has 0 bridgehead atoms. The second kappa shape index (κ2) is 7.61. The topological polar surface area (TPSA) is 75.3 Å². The molecule has 130 valence electrons. The first kappa shape index (κ1) is 18.2. The molecule has 0 amide bonds. The minimum absolute atomic E-state index is 0.314. The first-order valence-corrected chi connectivity index (χ1v) is 7.89. The molecule has 1 aromatic carbocycles. The van der Waals surface area contributed by atoms with Gasteiger partial charge in [0.2, 0.25) is 5.89 Å². The van der Waals surface area contributed by atoms with Crippen LogP contribution < -0.4 is 10.6 Å². The number of benzene rings is 1. The van der Waals surface area contributed by atoms with Crippen LogP contribution in [-0.2, 0) is 12.0 Å². The van der Waals surface area contributed by atoms with Gasteiger partial charge in [0, 0.05) is 31.0 Å². The Morgan fingerprint density at radius 1 is 1.38 bits per heavy atom. The van der Waals surface area contributed by atoms with Gasteiger partial charge in [0.25, 0.3) is 0 Å². The number of hydrogen-bond acceptors (Lipinski definition) is 4. The summed E-state index contributed by atoms with van der Waals surface area (Å²) >= 11 is 6.17. The molecule has 0 aliphatic carbocycles. The predicted molar refractivity (Wildman–Crippen MR) is 91.7 cm³/mol. The van der Waals surface area contributed by atoms with E-state index in [1.54, 1.807) is 20.0 Å². The Kier molecular flexibility index (Phi) is 5.77. The zero-order valence-corrected chi connectivity index (χ0v) is 14.9. The smallest absolute Gasteiger partial charge is 0.223 e. The van der Waals surface area contributed by atoms with E-state index in [2.05, 4.69) is 25.8 Å². The van der Waals surface area contributed by atoms with Crippen molar-refractivity contribution in [2.24, 2.45) is 4.99 Å². The number of hydrogen-bond donors (Lipinski definition) is 2. The molecule has 0 saturated heterocycles. The van der Waals surface area contributed by atoms with Crippen molar-refractivity contribution in [1.82, 2.24) is 20.8 Å². The molecule has 0 aliphatic heterocycles. The van der Waals surface area contributed by atoms with Crippen LogP contribution in [0.2, 0.25) is 5.02 Å². The van der Waals surface area contributed by atoms with Crippen molar-refractivity contribution in [3.05, 3.63) is 46.3 Å². The Morgan fingerprint density at radius 3 is 2.71 bits per heavy atom. The average molecular weight is 354 g/mol. The second-order valence-corrected chi connectivity index (χ2v) is 6.42. The molecular formula is C16H21ClFN5O. The lowest BCUT2D eigenvalue weighted by Crippen LogP contribution is -2.43. The van der Waals surface area contributed by atoms with Crippen LogP contribution in [0.4, 0.5) is 4.39 Å². The third-order valence-electron chi connectivity index (χ3n) is 3.57. The third kappa shape index (κ3) is 4.67. The average Bonchev–Trinajstić information content (AvgIpc) is 2.92. The maximum Gasteiger partial charge on any atom is 0.223 e.